The van der Waals surface area contributed by atoms with Crippen molar-refractivity contribution in [2.24, 2.45) is 5.92 Å². The Kier molecular flexibility index (Phi) is 8.26. The molecule has 1 unspecified atom stereocenters. The molecule has 1 aromatic rings. The molecule has 0 aliphatic carbocycles. The van der Waals surface area contributed by atoms with E-state index in [-0.39, 0.29) is 5.91 Å². The standard InChI is InChI=1S/C18H29N3O3/c1-13(2)12-19-18(23)20-17(22)15(4)21(5)9-10-24-16-8-6-7-14(3)11-16/h6-8,11,13,15H,9-10,12H2,1-5H3,(H2,19,20,22,23). The van der Waals surface area contributed by atoms with Crippen LogP contribution in [0.25, 0.3) is 0 Å². The number of rotatable bonds is 8. The number of carbonyl (C=O) groups is 2. The normalized spacial score (nSPS) is 12.1. The second-order valence-electron chi connectivity index (χ2n) is 6.41. The van der Waals surface area contributed by atoms with E-state index in [1.807, 2.05) is 57.0 Å². The van der Waals surface area contributed by atoms with Gasteiger partial charge in [0.1, 0.15) is 12.4 Å². The van der Waals surface area contributed by atoms with Crippen molar-refractivity contribution in [1.29, 1.82) is 0 Å². The van der Waals surface area contributed by atoms with Crippen LogP contribution in [-0.2, 0) is 4.79 Å². The summed E-state index contributed by atoms with van der Waals surface area (Å²) in [5.41, 5.74) is 1.14. The van der Waals surface area contributed by atoms with Crippen LogP contribution in [-0.4, -0.2) is 49.6 Å². The first kappa shape index (κ1) is 20.0. The summed E-state index contributed by atoms with van der Waals surface area (Å²) >= 11 is 0. The maximum atomic E-state index is 12.1. The van der Waals surface area contributed by atoms with Crippen LogP contribution in [0.4, 0.5) is 4.79 Å². The van der Waals surface area contributed by atoms with Gasteiger partial charge in [-0.3, -0.25) is 15.0 Å². The molecule has 1 rings (SSSR count). The Labute approximate surface area is 144 Å². The van der Waals surface area contributed by atoms with Gasteiger partial charge in [0.2, 0.25) is 5.91 Å². The minimum Gasteiger partial charge on any atom is -0.492 e. The molecule has 0 fully saturated rings. The fraction of sp³-hybridized carbons (Fsp3) is 0.556. The Balaban J connectivity index is 2.33. The smallest absolute Gasteiger partial charge is 0.321 e. The molecule has 1 aromatic carbocycles. The number of nitrogens with one attached hydrogen (secondary N) is 2. The van der Waals surface area contributed by atoms with Gasteiger partial charge in [0.15, 0.2) is 0 Å². The van der Waals surface area contributed by atoms with Crippen molar-refractivity contribution in [3.63, 3.8) is 0 Å². The second kappa shape index (κ2) is 9.93. The molecule has 134 valence electrons. The highest BCUT2D eigenvalue weighted by Crippen LogP contribution is 2.12. The lowest BCUT2D eigenvalue weighted by molar-refractivity contribution is -0.124. The highest BCUT2D eigenvalue weighted by Gasteiger charge is 2.19. The van der Waals surface area contributed by atoms with Gasteiger partial charge in [0, 0.05) is 13.1 Å². The van der Waals surface area contributed by atoms with Crippen LogP contribution in [0.15, 0.2) is 24.3 Å². The summed E-state index contributed by atoms with van der Waals surface area (Å²) in [6.07, 6.45) is 0. The lowest BCUT2D eigenvalue weighted by Crippen LogP contribution is -2.49. The Morgan fingerprint density at radius 2 is 1.96 bits per heavy atom. The van der Waals surface area contributed by atoms with Gasteiger partial charge < -0.3 is 10.1 Å². The number of likely N-dealkylation sites (N-methyl/N-ethyl adjacent to an activating group) is 1. The van der Waals surface area contributed by atoms with Crippen LogP contribution in [0.1, 0.15) is 26.3 Å². The van der Waals surface area contributed by atoms with E-state index >= 15 is 0 Å². The monoisotopic (exact) mass is 335 g/mol. The van der Waals surface area contributed by atoms with Crippen molar-refractivity contribution in [2.45, 2.75) is 33.7 Å². The summed E-state index contributed by atoms with van der Waals surface area (Å²) in [7, 11) is 1.83. The molecular weight excluding hydrogens is 306 g/mol. The summed E-state index contributed by atoms with van der Waals surface area (Å²) in [5.74, 6) is 0.826. The SMILES string of the molecule is Cc1cccc(OCCN(C)C(C)C(=O)NC(=O)NCC(C)C)c1. The third-order valence-electron chi connectivity index (χ3n) is 3.65. The number of imide groups is 1. The molecule has 1 atom stereocenters. The number of aryl methyl sites for hydroxylation is 1. The van der Waals surface area contributed by atoms with Crippen molar-refractivity contribution in [1.82, 2.24) is 15.5 Å². The Morgan fingerprint density at radius 1 is 1.25 bits per heavy atom. The van der Waals surface area contributed by atoms with Gasteiger partial charge in [-0.1, -0.05) is 26.0 Å². The maximum Gasteiger partial charge on any atom is 0.321 e. The number of urea groups is 1. The molecule has 3 amide bonds. The third kappa shape index (κ3) is 7.46. The molecule has 0 radical (unpaired) electrons. The summed E-state index contributed by atoms with van der Waals surface area (Å²) in [4.78, 5) is 25.5. The number of hydrogen-bond acceptors (Lipinski definition) is 4. The third-order valence-corrected chi connectivity index (χ3v) is 3.65. The Hall–Kier alpha value is -2.08. The molecule has 0 heterocycles. The molecule has 0 saturated carbocycles. The van der Waals surface area contributed by atoms with Gasteiger partial charge >= 0.3 is 6.03 Å². The summed E-state index contributed by atoms with van der Waals surface area (Å²) < 4.78 is 5.68. The molecule has 0 spiro atoms. The zero-order valence-electron chi connectivity index (χ0n) is 15.3. The molecule has 6 heteroatoms. The highest BCUT2D eigenvalue weighted by molar-refractivity contribution is 5.96. The predicted molar refractivity (Wildman–Crippen MR) is 95.1 cm³/mol. The van der Waals surface area contributed by atoms with Crippen molar-refractivity contribution in [2.75, 3.05) is 26.7 Å². The number of hydrogen-bond donors (Lipinski definition) is 2. The number of amides is 3. The van der Waals surface area contributed by atoms with Crippen LogP contribution in [0.5, 0.6) is 5.75 Å². The first-order valence-corrected chi connectivity index (χ1v) is 8.28. The van der Waals surface area contributed by atoms with E-state index in [0.717, 1.165) is 11.3 Å². The van der Waals surface area contributed by atoms with E-state index in [4.69, 9.17) is 4.74 Å². The Bertz CT molecular complexity index is 546. The average Bonchev–Trinajstić information content (AvgIpc) is 2.52. The minimum atomic E-state index is -0.454. The van der Waals surface area contributed by atoms with E-state index in [1.165, 1.54) is 0 Å². The molecule has 6 nitrogen and oxygen atoms in total. The van der Waals surface area contributed by atoms with Gasteiger partial charge in [-0.25, -0.2) is 4.79 Å². The molecular formula is C18H29N3O3. The molecule has 2 N–H and O–H groups in total. The fourth-order valence-electron chi connectivity index (χ4n) is 1.96. The zero-order chi connectivity index (χ0) is 18.1. The largest absolute Gasteiger partial charge is 0.492 e. The van der Waals surface area contributed by atoms with Gasteiger partial charge in [0.05, 0.1) is 6.04 Å². The zero-order valence-corrected chi connectivity index (χ0v) is 15.3. The molecule has 0 aliphatic rings. The molecule has 0 aromatic heterocycles. The minimum absolute atomic E-state index is 0.325. The summed E-state index contributed by atoms with van der Waals surface area (Å²) in [6, 6.07) is 6.95. The van der Waals surface area contributed by atoms with Crippen LogP contribution in [0, 0.1) is 12.8 Å². The maximum absolute atomic E-state index is 12.1. The van der Waals surface area contributed by atoms with Crippen molar-refractivity contribution in [3.8, 4) is 5.75 Å². The van der Waals surface area contributed by atoms with Crippen LogP contribution in [0.2, 0.25) is 0 Å². The molecule has 0 aliphatic heterocycles. The fourth-order valence-corrected chi connectivity index (χ4v) is 1.96. The number of nitrogens with zero attached hydrogens (tertiary/aromatic N) is 1. The lowest BCUT2D eigenvalue weighted by Gasteiger charge is -2.23. The van der Waals surface area contributed by atoms with E-state index in [1.54, 1.807) is 6.92 Å². The first-order valence-electron chi connectivity index (χ1n) is 8.28. The van der Waals surface area contributed by atoms with Gasteiger partial charge in [-0.05, 0) is 44.5 Å². The summed E-state index contributed by atoms with van der Waals surface area (Å²) in [6.45, 7) is 9.34. The van der Waals surface area contributed by atoms with Gasteiger partial charge in [-0.2, -0.15) is 0 Å². The van der Waals surface area contributed by atoms with Crippen LogP contribution < -0.4 is 15.4 Å². The van der Waals surface area contributed by atoms with Gasteiger partial charge in [0.25, 0.3) is 0 Å². The number of benzene rings is 1. The average molecular weight is 335 g/mol. The predicted octanol–water partition coefficient (Wildman–Crippen LogP) is 2.18. The van der Waals surface area contributed by atoms with E-state index in [2.05, 4.69) is 10.6 Å². The molecule has 0 saturated heterocycles. The second-order valence-corrected chi connectivity index (χ2v) is 6.41. The van der Waals surface area contributed by atoms with Gasteiger partial charge in [-0.15, -0.1) is 0 Å². The van der Waals surface area contributed by atoms with E-state index in [0.29, 0.717) is 25.6 Å². The van der Waals surface area contributed by atoms with E-state index in [9.17, 15) is 9.59 Å². The topological polar surface area (TPSA) is 70.7 Å². The first-order chi connectivity index (χ1) is 11.3. The summed E-state index contributed by atoms with van der Waals surface area (Å²) in [5, 5.41) is 5.02. The van der Waals surface area contributed by atoms with Crippen molar-refractivity contribution in [3.05, 3.63) is 29.8 Å². The van der Waals surface area contributed by atoms with E-state index < -0.39 is 12.1 Å². The quantitative estimate of drug-likeness (QED) is 0.764. The van der Waals surface area contributed by atoms with Crippen LogP contribution >= 0.6 is 0 Å². The highest BCUT2D eigenvalue weighted by atomic mass is 16.5. The lowest BCUT2D eigenvalue weighted by atomic mass is 10.2. The van der Waals surface area contributed by atoms with Crippen molar-refractivity contribution >= 4 is 11.9 Å². The molecule has 0 bridgehead atoms. The van der Waals surface area contributed by atoms with Crippen molar-refractivity contribution < 1.29 is 14.3 Å². The number of carbonyl (C=O) groups excluding carboxylic acids is 2. The van der Waals surface area contributed by atoms with Crippen LogP contribution in [0.3, 0.4) is 0 Å². The Morgan fingerprint density at radius 3 is 2.58 bits per heavy atom. The number of ether oxygens (including phenoxy) is 1. The molecule has 24 heavy (non-hydrogen) atoms.